The molecule has 0 spiro atoms. The van der Waals surface area contributed by atoms with Gasteiger partial charge < -0.3 is 7.96 Å². The number of carbonyl (C=O) groups is 1. The Kier molecular flexibility index (Phi) is 11.0. The van der Waals surface area contributed by atoms with E-state index in [0.29, 0.717) is 6.42 Å². The molecule has 0 rings (SSSR count). The van der Waals surface area contributed by atoms with Crippen LogP contribution in [0, 0.1) is 0 Å². The van der Waals surface area contributed by atoms with Crippen LogP contribution in [0.4, 0.5) is 0 Å². The summed E-state index contributed by atoms with van der Waals surface area (Å²) in [6, 6.07) is 0. The van der Waals surface area contributed by atoms with Crippen molar-refractivity contribution in [3.8, 4) is 0 Å². The molecule has 1 N–H and O–H groups in total. The second kappa shape index (κ2) is 7.04. The van der Waals surface area contributed by atoms with Crippen molar-refractivity contribution in [1.82, 2.24) is 0 Å². The van der Waals surface area contributed by atoms with E-state index in [4.69, 9.17) is 5.11 Å². The zero-order valence-electron chi connectivity index (χ0n) is 6.48. The van der Waals surface area contributed by atoms with Crippen LogP contribution in [0.5, 0.6) is 0 Å². The fourth-order valence-corrected chi connectivity index (χ4v) is 0.214. The predicted octanol–water partition coefficient (Wildman–Crippen LogP) is 0.715. The van der Waals surface area contributed by atoms with Gasteiger partial charge in [0.1, 0.15) is 0 Å². The van der Waals surface area contributed by atoms with E-state index in [0.717, 1.165) is 6.42 Å². The molecule has 0 fully saturated rings. The van der Waals surface area contributed by atoms with Crippen LogP contribution in [0.15, 0.2) is 0 Å². The molecular weight excluding hydrogens is 217 g/mol. The first-order chi connectivity index (χ1) is 2.77. The minimum atomic E-state index is -0.711. The van der Waals surface area contributed by atoms with Crippen LogP contribution in [-0.4, -0.2) is 60.0 Å². The van der Waals surface area contributed by atoms with E-state index in [1.54, 1.807) is 0 Å². The summed E-state index contributed by atoms with van der Waals surface area (Å²) in [5.41, 5.74) is 0. The van der Waals surface area contributed by atoms with Crippen LogP contribution in [0.1, 0.15) is 22.6 Å². The molecule has 0 saturated carbocycles. The third-order valence-corrected chi connectivity index (χ3v) is 0.464. The standard InChI is InChI=1S/C4H8O2.Ba.2H/c1-2-3-4(5)6;;;/h2-3H2,1H3,(H,5,6);;;/q;+2;2*-1. The summed E-state index contributed by atoms with van der Waals surface area (Å²) in [5, 5.41) is 7.91. The largest absolute Gasteiger partial charge is 2.00 e. The second-order valence-corrected chi connectivity index (χ2v) is 1.14. The first-order valence-electron chi connectivity index (χ1n) is 1.99. The number of carboxylic acids is 1. The molecule has 0 aliphatic carbocycles. The van der Waals surface area contributed by atoms with E-state index in [2.05, 4.69) is 0 Å². The van der Waals surface area contributed by atoms with Crippen LogP contribution in [0.3, 0.4) is 0 Å². The summed E-state index contributed by atoms with van der Waals surface area (Å²) in [5.74, 6) is -0.711. The van der Waals surface area contributed by atoms with E-state index >= 15 is 0 Å². The molecule has 0 aromatic carbocycles. The third kappa shape index (κ3) is 11.0. The van der Waals surface area contributed by atoms with Crippen molar-refractivity contribution in [2.24, 2.45) is 0 Å². The summed E-state index contributed by atoms with van der Waals surface area (Å²) in [6.07, 6.45) is 1.02. The second-order valence-electron chi connectivity index (χ2n) is 1.14. The van der Waals surface area contributed by atoms with Crippen LogP contribution >= 0.6 is 0 Å². The van der Waals surface area contributed by atoms with E-state index < -0.39 is 5.97 Å². The number of hydrogen-bond donors (Lipinski definition) is 1. The van der Waals surface area contributed by atoms with Gasteiger partial charge in [-0.15, -0.1) is 0 Å². The van der Waals surface area contributed by atoms with Crippen molar-refractivity contribution in [3.05, 3.63) is 0 Å². The molecule has 0 aromatic heterocycles. The Hall–Kier alpha value is 1.04. The molecular formula is C4H10BaO2. The van der Waals surface area contributed by atoms with Crippen molar-refractivity contribution >= 4 is 54.9 Å². The van der Waals surface area contributed by atoms with Gasteiger partial charge in [-0.3, -0.25) is 4.79 Å². The molecule has 0 heterocycles. The Bertz CT molecular complexity index is 60.5. The topological polar surface area (TPSA) is 37.3 Å². The number of aliphatic carboxylic acids is 1. The molecule has 2 nitrogen and oxygen atoms in total. The van der Waals surface area contributed by atoms with E-state index in [1.807, 2.05) is 6.92 Å². The van der Waals surface area contributed by atoms with Gasteiger partial charge >= 0.3 is 54.9 Å². The minimum absolute atomic E-state index is 0. The van der Waals surface area contributed by atoms with E-state index in [9.17, 15) is 4.79 Å². The molecule has 0 aliphatic rings. The number of rotatable bonds is 2. The van der Waals surface area contributed by atoms with Gasteiger partial charge in [0.05, 0.1) is 0 Å². The smallest absolute Gasteiger partial charge is 1.00 e. The van der Waals surface area contributed by atoms with Gasteiger partial charge in [0.2, 0.25) is 0 Å². The SMILES string of the molecule is CCCC(=O)O.[Ba+2].[H-].[H-]. The van der Waals surface area contributed by atoms with Crippen LogP contribution in [0.2, 0.25) is 0 Å². The first kappa shape index (κ1) is 10.9. The molecule has 0 aliphatic heterocycles. The van der Waals surface area contributed by atoms with Crippen molar-refractivity contribution in [2.75, 3.05) is 0 Å². The maximum absolute atomic E-state index is 9.60. The molecule has 0 radical (unpaired) electrons. The first-order valence-corrected chi connectivity index (χ1v) is 1.99. The van der Waals surface area contributed by atoms with Crippen LogP contribution in [0.25, 0.3) is 0 Å². The number of carboxylic acid groups (broad SMARTS) is 1. The predicted molar refractivity (Wildman–Crippen MR) is 30.5 cm³/mol. The molecule has 3 heteroatoms. The Labute approximate surface area is 86.3 Å². The van der Waals surface area contributed by atoms with Crippen molar-refractivity contribution in [2.45, 2.75) is 19.8 Å². The Morgan fingerprint density at radius 3 is 2.29 bits per heavy atom. The van der Waals surface area contributed by atoms with Gasteiger partial charge in [0, 0.05) is 6.42 Å². The van der Waals surface area contributed by atoms with Crippen molar-refractivity contribution in [1.29, 1.82) is 0 Å². The van der Waals surface area contributed by atoms with Gasteiger partial charge in [-0.05, 0) is 6.42 Å². The molecule has 0 bridgehead atoms. The van der Waals surface area contributed by atoms with Gasteiger partial charge in [0.25, 0.3) is 0 Å². The van der Waals surface area contributed by atoms with Gasteiger partial charge in [0.15, 0.2) is 0 Å². The summed E-state index contributed by atoms with van der Waals surface area (Å²) < 4.78 is 0. The average molecular weight is 227 g/mol. The fourth-order valence-electron chi connectivity index (χ4n) is 0.214. The Morgan fingerprint density at radius 1 is 1.86 bits per heavy atom. The van der Waals surface area contributed by atoms with Gasteiger partial charge in [-0.2, -0.15) is 0 Å². The Morgan fingerprint density at radius 2 is 2.29 bits per heavy atom. The number of hydrogen-bond acceptors (Lipinski definition) is 1. The monoisotopic (exact) mass is 228 g/mol. The molecule has 0 atom stereocenters. The molecule has 0 saturated heterocycles. The normalized spacial score (nSPS) is 7.00. The summed E-state index contributed by atoms with van der Waals surface area (Å²) in [4.78, 5) is 9.60. The van der Waals surface area contributed by atoms with Gasteiger partial charge in [-0.1, -0.05) is 6.92 Å². The van der Waals surface area contributed by atoms with E-state index in [-0.39, 0.29) is 51.7 Å². The quantitative estimate of drug-likeness (QED) is 0.706. The molecule has 7 heavy (non-hydrogen) atoms. The molecule has 0 unspecified atom stereocenters. The van der Waals surface area contributed by atoms with Gasteiger partial charge in [-0.25, -0.2) is 0 Å². The van der Waals surface area contributed by atoms with Crippen LogP contribution < -0.4 is 0 Å². The third-order valence-electron chi connectivity index (χ3n) is 0.464. The zero-order chi connectivity index (χ0) is 4.99. The maximum atomic E-state index is 9.60. The van der Waals surface area contributed by atoms with E-state index in [1.165, 1.54) is 0 Å². The molecule has 0 aromatic rings. The maximum Gasteiger partial charge on any atom is 2.00 e. The summed E-state index contributed by atoms with van der Waals surface area (Å²) >= 11 is 0. The van der Waals surface area contributed by atoms with Crippen molar-refractivity contribution in [3.63, 3.8) is 0 Å². The summed E-state index contributed by atoms with van der Waals surface area (Å²) in [6.45, 7) is 1.84. The fraction of sp³-hybridized carbons (Fsp3) is 0.750. The van der Waals surface area contributed by atoms with Crippen LogP contribution in [-0.2, 0) is 4.79 Å². The molecule has 0 amide bonds. The summed E-state index contributed by atoms with van der Waals surface area (Å²) in [7, 11) is 0. The zero-order valence-corrected chi connectivity index (χ0v) is 8.92. The minimum Gasteiger partial charge on any atom is -1.00 e. The van der Waals surface area contributed by atoms with Crippen molar-refractivity contribution < 1.29 is 12.8 Å². The average Bonchev–Trinajstić information content (AvgIpc) is 1.35. The Balaban J connectivity index is -0.0000000417. The molecule has 40 valence electrons.